The van der Waals surface area contributed by atoms with Crippen LogP contribution in [0.1, 0.15) is 18.9 Å². The number of hydrogen-bond acceptors (Lipinski definition) is 11. The molecule has 0 aliphatic carbocycles. The van der Waals surface area contributed by atoms with Crippen molar-refractivity contribution < 1.29 is 48.2 Å². The Morgan fingerprint density at radius 1 is 1.32 bits per heavy atom. The molecule has 0 radical (unpaired) electrons. The van der Waals surface area contributed by atoms with Crippen LogP contribution in [0.5, 0.6) is 0 Å². The summed E-state index contributed by atoms with van der Waals surface area (Å²) in [5.41, 5.74) is 0.909. The number of benzene rings is 1. The number of rotatable bonds is 12. The molecule has 41 heavy (non-hydrogen) atoms. The average molecular weight is 592 g/mol. The van der Waals surface area contributed by atoms with Crippen LogP contribution in [0.15, 0.2) is 48.2 Å². The summed E-state index contributed by atoms with van der Waals surface area (Å²) < 4.78 is 21.2. The van der Waals surface area contributed by atoms with Crippen LogP contribution >= 0.6 is 11.8 Å². The van der Waals surface area contributed by atoms with E-state index in [9.17, 15) is 34.4 Å². The Balaban J connectivity index is 1.31. The number of aliphatic carboxylic acids is 1. The number of alkyl carbamates (subject to hydrolysis) is 1. The number of β-lactam (4-membered cyclic amide) rings is 1. The second-order valence-electron chi connectivity index (χ2n) is 9.37. The second kappa shape index (κ2) is 13.0. The van der Waals surface area contributed by atoms with E-state index >= 15 is 0 Å². The molecule has 15 heteroatoms. The van der Waals surface area contributed by atoms with Gasteiger partial charge in [-0.15, -0.1) is 0 Å². The van der Waals surface area contributed by atoms with Gasteiger partial charge in [0.2, 0.25) is 5.91 Å². The average Bonchev–Trinajstić information content (AvgIpc) is 3.24. The van der Waals surface area contributed by atoms with Crippen molar-refractivity contribution in [2.75, 3.05) is 25.5 Å². The number of carbonyl (C=O) groups is 4. The van der Waals surface area contributed by atoms with Crippen molar-refractivity contribution >= 4 is 41.6 Å². The van der Waals surface area contributed by atoms with Crippen LogP contribution in [0, 0.1) is 16.0 Å². The smallest absolute Gasteiger partial charge is 0.477 e. The van der Waals surface area contributed by atoms with Gasteiger partial charge in [0.1, 0.15) is 31.1 Å². The Kier molecular flexibility index (Phi) is 9.50. The number of fused-ring (bicyclic) bond motifs is 3. The number of nitro groups is 1. The van der Waals surface area contributed by atoms with Gasteiger partial charge in [0.25, 0.3) is 5.69 Å². The fraction of sp³-hybridized carbons (Fsp3) is 0.462. The molecule has 5 atom stereocenters. The summed E-state index contributed by atoms with van der Waals surface area (Å²) in [6.07, 6.45) is -1.26. The zero-order chi connectivity index (χ0) is 29.7. The highest BCUT2D eigenvalue weighted by atomic mass is 32.2. The summed E-state index contributed by atoms with van der Waals surface area (Å²) in [7, 11) is 0. The standard InChI is InChI=1S/C26H29N3O11S/c1-3-10-38-26(34)40-14(2)18-20-22-19(21(24(31)32)28(20)23(18)30)17(8-11-37-22)41-12-9-27-25(33)39-13-15-4-6-16(7-5-15)29(35)36/h3-7,14,17-18,20,22H,1,8-13H2,2H3,(H,27,33)(H,31,32)/t14-,17+,18-,20+,22+/m1/s1. The number of carbonyl (C=O) groups excluding carboxylic acids is 3. The Hall–Kier alpha value is -4.11. The molecule has 2 amide bonds. The molecular formula is C26H29N3O11S. The van der Waals surface area contributed by atoms with Crippen LogP contribution < -0.4 is 5.32 Å². The van der Waals surface area contributed by atoms with Gasteiger partial charge in [-0.1, -0.05) is 12.7 Å². The minimum atomic E-state index is -1.25. The summed E-state index contributed by atoms with van der Waals surface area (Å²) in [4.78, 5) is 60.7. The lowest BCUT2D eigenvalue weighted by Crippen LogP contribution is -2.66. The highest BCUT2D eigenvalue weighted by Crippen LogP contribution is 2.50. The lowest BCUT2D eigenvalue weighted by Gasteiger charge is -2.47. The van der Waals surface area contributed by atoms with Gasteiger partial charge in [0.05, 0.1) is 16.9 Å². The first-order chi connectivity index (χ1) is 19.6. The second-order valence-corrected chi connectivity index (χ2v) is 10.7. The minimum Gasteiger partial charge on any atom is -0.477 e. The van der Waals surface area contributed by atoms with Gasteiger partial charge in [0.15, 0.2) is 0 Å². The molecule has 220 valence electrons. The lowest BCUT2D eigenvalue weighted by molar-refractivity contribution is -0.384. The normalized spacial score (nSPS) is 23.4. The Morgan fingerprint density at radius 2 is 2.05 bits per heavy atom. The van der Waals surface area contributed by atoms with Gasteiger partial charge < -0.3 is 29.4 Å². The fourth-order valence-electron chi connectivity index (χ4n) is 5.09. The molecule has 0 saturated carbocycles. The summed E-state index contributed by atoms with van der Waals surface area (Å²) in [5, 5.41) is 23.1. The van der Waals surface area contributed by atoms with E-state index in [1.54, 1.807) is 6.92 Å². The van der Waals surface area contributed by atoms with Gasteiger partial charge in [-0.25, -0.2) is 14.4 Å². The van der Waals surface area contributed by atoms with E-state index in [0.29, 0.717) is 29.9 Å². The third-order valence-electron chi connectivity index (χ3n) is 6.86. The van der Waals surface area contributed by atoms with E-state index in [-0.39, 0.29) is 36.4 Å². The number of nitrogens with zero attached hydrogens (tertiary/aromatic N) is 2. The number of ether oxygens (including phenoxy) is 4. The summed E-state index contributed by atoms with van der Waals surface area (Å²) >= 11 is 1.43. The Morgan fingerprint density at radius 3 is 2.71 bits per heavy atom. The van der Waals surface area contributed by atoms with Crippen LogP contribution in [0.3, 0.4) is 0 Å². The number of thioether (sulfide) groups is 1. The van der Waals surface area contributed by atoms with Crippen molar-refractivity contribution in [1.82, 2.24) is 10.2 Å². The molecule has 1 aromatic carbocycles. The molecule has 1 aromatic rings. The van der Waals surface area contributed by atoms with Crippen molar-refractivity contribution in [1.29, 1.82) is 0 Å². The number of hydrogen-bond donors (Lipinski definition) is 2. The molecule has 4 rings (SSSR count). The molecule has 0 bridgehead atoms. The number of nitrogens with one attached hydrogen (secondary N) is 1. The van der Waals surface area contributed by atoms with Crippen LogP contribution in [0.2, 0.25) is 0 Å². The van der Waals surface area contributed by atoms with E-state index < -0.39 is 53.2 Å². The van der Waals surface area contributed by atoms with Gasteiger partial charge in [-0.2, -0.15) is 11.8 Å². The SMILES string of the molecule is C=CCOC(=O)O[C@H](C)[C@H]1C(=O)N2C(C(=O)O)=C3[C@@H](SCCNC(=O)OCc4ccc([N+](=O)[O-])cc4)CCO[C@@H]3[C@H]12. The van der Waals surface area contributed by atoms with E-state index in [1.807, 2.05) is 0 Å². The third-order valence-corrected chi connectivity index (χ3v) is 8.19. The highest BCUT2D eigenvalue weighted by molar-refractivity contribution is 8.00. The maximum Gasteiger partial charge on any atom is 0.508 e. The molecule has 2 N–H and O–H groups in total. The largest absolute Gasteiger partial charge is 0.508 e. The molecule has 3 heterocycles. The molecule has 0 aromatic heterocycles. The topological polar surface area (TPSA) is 184 Å². The predicted octanol–water partition coefficient (Wildman–Crippen LogP) is 2.62. The Labute approximate surface area is 238 Å². The molecular weight excluding hydrogens is 562 g/mol. The molecule has 2 fully saturated rings. The maximum atomic E-state index is 13.0. The van der Waals surface area contributed by atoms with Gasteiger partial charge in [-0.3, -0.25) is 19.8 Å². The zero-order valence-electron chi connectivity index (χ0n) is 22.1. The van der Waals surface area contributed by atoms with Crippen LogP contribution in [-0.4, -0.2) is 88.1 Å². The summed E-state index contributed by atoms with van der Waals surface area (Å²) in [6.45, 7) is 5.46. The first-order valence-corrected chi connectivity index (χ1v) is 13.8. The molecule has 0 unspecified atom stereocenters. The third kappa shape index (κ3) is 6.46. The van der Waals surface area contributed by atoms with Gasteiger partial charge >= 0.3 is 18.2 Å². The number of nitro benzene ring substituents is 1. The molecule has 3 aliphatic rings. The number of non-ortho nitro benzene ring substituents is 1. The first-order valence-electron chi connectivity index (χ1n) is 12.8. The molecule has 2 saturated heterocycles. The molecule has 14 nitrogen and oxygen atoms in total. The van der Waals surface area contributed by atoms with E-state index in [2.05, 4.69) is 11.9 Å². The van der Waals surface area contributed by atoms with Crippen LogP contribution in [0.4, 0.5) is 15.3 Å². The van der Waals surface area contributed by atoms with E-state index in [1.165, 1.54) is 47.0 Å². The van der Waals surface area contributed by atoms with Crippen LogP contribution in [-0.2, 0) is 35.1 Å². The first kappa shape index (κ1) is 29.9. The minimum absolute atomic E-state index is 0.0500. The van der Waals surface area contributed by atoms with E-state index in [4.69, 9.17) is 18.9 Å². The van der Waals surface area contributed by atoms with Gasteiger partial charge in [0, 0.05) is 41.9 Å². The summed E-state index contributed by atoms with van der Waals surface area (Å²) in [6, 6.07) is 5.02. The highest BCUT2D eigenvalue weighted by Gasteiger charge is 2.64. The van der Waals surface area contributed by atoms with Crippen molar-refractivity contribution in [3.05, 3.63) is 63.9 Å². The number of amides is 2. The van der Waals surface area contributed by atoms with Crippen LogP contribution in [0.25, 0.3) is 0 Å². The van der Waals surface area contributed by atoms with Crippen molar-refractivity contribution in [2.24, 2.45) is 5.92 Å². The van der Waals surface area contributed by atoms with Crippen molar-refractivity contribution in [3.63, 3.8) is 0 Å². The quantitative estimate of drug-likeness (QED) is 0.0906. The summed E-state index contributed by atoms with van der Waals surface area (Å²) in [5.74, 6) is -2.08. The maximum absolute atomic E-state index is 13.0. The van der Waals surface area contributed by atoms with Crippen molar-refractivity contribution in [2.45, 2.75) is 43.5 Å². The van der Waals surface area contributed by atoms with Gasteiger partial charge in [-0.05, 0) is 31.0 Å². The molecule has 3 aliphatic heterocycles. The van der Waals surface area contributed by atoms with Crippen molar-refractivity contribution in [3.8, 4) is 0 Å². The monoisotopic (exact) mass is 591 g/mol. The zero-order valence-corrected chi connectivity index (χ0v) is 22.9. The lowest BCUT2D eigenvalue weighted by atomic mass is 9.80. The predicted molar refractivity (Wildman–Crippen MR) is 143 cm³/mol. The number of carboxylic acids is 1. The van der Waals surface area contributed by atoms with E-state index in [0.717, 1.165) is 0 Å². The Bertz CT molecular complexity index is 1250. The fourth-order valence-corrected chi connectivity index (χ4v) is 6.28. The molecule has 0 spiro atoms. The number of carboxylic acid groups (broad SMARTS) is 1.